The molecule has 0 bridgehead atoms. The van der Waals surface area contributed by atoms with Crippen LogP contribution in [0.5, 0.6) is 17.2 Å². The van der Waals surface area contributed by atoms with Gasteiger partial charge >= 0.3 is 0 Å². The molecule has 1 amide bonds. The van der Waals surface area contributed by atoms with Gasteiger partial charge in [0.25, 0.3) is 11.5 Å². The van der Waals surface area contributed by atoms with Crippen molar-refractivity contribution in [1.82, 2.24) is 9.55 Å². The molecule has 0 unspecified atom stereocenters. The average Bonchev–Trinajstić information content (AvgIpc) is 2.86. The zero-order chi connectivity index (χ0) is 24.9. The first-order chi connectivity index (χ1) is 17.0. The van der Waals surface area contributed by atoms with Crippen LogP contribution in [0.15, 0.2) is 65.5 Å². The number of methoxy groups -OCH3 is 1. The molecule has 0 spiro atoms. The summed E-state index contributed by atoms with van der Waals surface area (Å²) in [4.78, 5) is 30.7. The molecule has 8 heteroatoms. The predicted octanol–water partition coefficient (Wildman–Crippen LogP) is 4.75. The fourth-order valence-corrected chi connectivity index (χ4v) is 3.86. The molecule has 0 fully saturated rings. The van der Waals surface area contributed by atoms with Gasteiger partial charge in [-0.2, -0.15) is 0 Å². The number of fused-ring (bicyclic) bond motifs is 1. The fourth-order valence-electron chi connectivity index (χ4n) is 3.86. The van der Waals surface area contributed by atoms with Gasteiger partial charge in [-0.05, 0) is 63.2 Å². The first-order valence-electron chi connectivity index (χ1n) is 11.3. The van der Waals surface area contributed by atoms with Crippen molar-refractivity contribution in [2.75, 3.05) is 25.6 Å². The molecule has 4 aromatic rings. The van der Waals surface area contributed by atoms with Crippen molar-refractivity contribution in [3.8, 4) is 22.9 Å². The number of aromatic nitrogens is 2. The summed E-state index contributed by atoms with van der Waals surface area (Å²) in [6.07, 6.45) is 0. The summed E-state index contributed by atoms with van der Waals surface area (Å²) >= 11 is 0. The Morgan fingerprint density at radius 1 is 0.943 bits per heavy atom. The fraction of sp³-hybridized carbons (Fsp3) is 0.222. The number of hydrogen-bond donors (Lipinski definition) is 1. The number of carbonyl (C=O) groups is 1. The summed E-state index contributed by atoms with van der Waals surface area (Å²) in [5.74, 6) is 1.71. The maximum absolute atomic E-state index is 13.1. The normalized spacial score (nSPS) is 10.7. The monoisotopic (exact) mass is 473 g/mol. The Bertz CT molecular complexity index is 1440. The van der Waals surface area contributed by atoms with Crippen molar-refractivity contribution >= 4 is 22.5 Å². The van der Waals surface area contributed by atoms with E-state index < -0.39 is 0 Å². The summed E-state index contributed by atoms with van der Waals surface area (Å²) < 4.78 is 18.3. The molecule has 8 nitrogen and oxygen atoms in total. The topological polar surface area (TPSA) is 91.7 Å². The van der Waals surface area contributed by atoms with Crippen molar-refractivity contribution in [1.29, 1.82) is 0 Å². The molecular formula is C27H27N3O5. The van der Waals surface area contributed by atoms with Gasteiger partial charge in [-0.25, -0.2) is 4.98 Å². The second-order valence-electron chi connectivity index (χ2n) is 7.68. The van der Waals surface area contributed by atoms with E-state index in [9.17, 15) is 9.59 Å². The van der Waals surface area contributed by atoms with Gasteiger partial charge in [0.15, 0.2) is 11.5 Å². The molecule has 0 aliphatic carbocycles. The first-order valence-corrected chi connectivity index (χ1v) is 11.3. The molecule has 35 heavy (non-hydrogen) atoms. The van der Waals surface area contributed by atoms with E-state index in [4.69, 9.17) is 14.2 Å². The highest BCUT2D eigenvalue weighted by Crippen LogP contribution is 2.31. The van der Waals surface area contributed by atoms with Crippen LogP contribution in [-0.4, -0.2) is 35.8 Å². The zero-order valence-corrected chi connectivity index (χ0v) is 20.1. The molecule has 1 aromatic heterocycles. The Labute approximate surface area is 203 Å². The predicted molar refractivity (Wildman–Crippen MR) is 135 cm³/mol. The van der Waals surface area contributed by atoms with E-state index in [1.54, 1.807) is 49.4 Å². The quantitative estimate of drug-likeness (QED) is 0.397. The average molecular weight is 474 g/mol. The summed E-state index contributed by atoms with van der Waals surface area (Å²) in [6.45, 7) is 6.47. The molecule has 1 N–H and O–H groups in total. The Balaban J connectivity index is 1.66. The molecule has 0 saturated carbocycles. The first kappa shape index (κ1) is 23.8. The van der Waals surface area contributed by atoms with Gasteiger partial charge in [0.2, 0.25) is 0 Å². The second-order valence-corrected chi connectivity index (χ2v) is 7.68. The van der Waals surface area contributed by atoms with Crippen LogP contribution in [0.25, 0.3) is 16.6 Å². The smallest absolute Gasteiger partial charge is 0.265 e. The van der Waals surface area contributed by atoms with Gasteiger partial charge in [0, 0.05) is 11.6 Å². The maximum atomic E-state index is 13.1. The number of carbonyl (C=O) groups excluding carboxylic acids is 1. The number of hydrogen-bond acceptors (Lipinski definition) is 6. The van der Waals surface area contributed by atoms with E-state index in [-0.39, 0.29) is 11.5 Å². The molecule has 0 saturated heterocycles. The van der Waals surface area contributed by atoms with E-state index >= 15 is 0 Å². The van der Waals surface area contributed by atoms with Gasteiger partial charge in [0.05, 0.1) is 42.6 Å². The SMILES string of the molecule is CCOc1ccc(C(=O)Nc2ccc(-n3c(C)nc4ccccc4c3=O)cc2OC)cc1OCC. The summed E-state index contributed by atoms with van der Waals surface area (Å²) in [5.41, 5.74) is 1.93. The number of ether oxygens (including phenoxy) is 3. The summed E-state index contributed by atoms with van der Waals surface area (Å²) in [6, 6.07) is 17.4. The van der Waals surface area contributed by atoms with Crippen molar-refractivity contribution in [3.63, 3.8) is 0 Å². The van der Waals surface area contributed by atoms with Crippen LogP contribution < -0.4 is 25.1 Å². The van der Waals surface area contributed by atoms with Crippen LogP contribution in [0.3, 0.4) is 0 Å². The van der Waals surface area contributed by atoms with Crippen LogP contribution >= 0.6 is 0 Å². The van der Waals surface area contributed by atoms with E-state index in [0.29, 0.717) is 64.1 Å². The third-order valence-electron chi connectivity index (χ3n) is 5.44. The number of nitrogens with zero attached hydrogens (tertiary/aromatic N) is 2. The van der Waals surface area contributed by atoms with Crippen molar-refractivity contribution in [2.24, 2.45) is 0 Å². The standard InChI is InChI=1S/C27H27N3O5/c1-5-34-23-14-11-18(15-25(23)35-6-2)26(31)29-22-13-12-19(16-24(22)33-4)30-17(3)28-21-10-8-7-9-20(21)27(30)32/h7-16H,5-6H2,1-4H3,(H,29,31). The maximum Gasteiger partial charge on any atom is 0.265 e. The molecule has 4 rings (SSSR count). The Morgan fingerprint density at radius 2 is 1.69 bits per heavy atom. The summed E-state index contributed by atoms with van der Waals surface area (Å²) in [7, 11) is 1.51. The molecule has 1 heterocycles. The molecule has 0 atom stereocenters. The van der Waals surface area contributed by atoms with Crippen LogP contribution in [0.1, 0.15) is 30.0 Å². The second kappa shape index (κ2) is 10.3. The number of amides is 1. The van der Waals surface area contributed by atoms with Gasteiger partial charge in [-0.15, -0.1) is 0 Å². The van der Waals surface area contributed by atoms with E-state index in [1.165, 1.54) is 11.7 Å². The molecular weight excluding hydrogens is 446 g/mol. The highest BCUT2D eigenvalue weighted by atomic mass is 16.5. The van der Waals surface area contributed by atoms with Crippen molar-refractivity contribution < 1.29 is 19.0 Å². The zero-order valence-electron chi connectivity index (χ0n) is 20.1. The lowest BCUT2D eigenvalue weighted by Gasteiger charge is -2.16. The van der Waals surface area contributed by atoms with E-state index in [2.05, 4.69) is 10.3 Å². The molecule has 0 aliphatic heterocycles. The highest BCUT2D eigenvalue weighted by Gasteiger charge is 2.16. The number of anilines is 1. The number of nitrogens with one attached hydrogen (secondary N) is 1. The largest absolute Gasteiger partial charge is 0.494 e. The van der Waals surface area contributed by atoms with Crippen LogP contribution in [0.2, 0.25) is 0 Å². The minimum atomic E-state index is -0.333. The Morgan fingerprint density at radius 3 is 2.43 bits per heavy atom. The number of rotatable bonds is 8. The Kier molecular flexibility index (Phi) is 7.01. The number of benzene rings is 3. The molecule has 180 valence electrons. The van der Waals surface area contributed by atoms with Crippen LogP contribution in [0, 0.1) is 6.92 Å². The lowest BCUT2D eigenvalue weighted by atomic mass is 10.1. The molecule has 0 aliphatic rings. The van der Waals surface area contributed by atoms with Gasteiger partial charge < -0.3 is 19.5 Å². The lowest BCUT2D eigenvalue weighted by Crippen LogP contribution is -2.22. The number of aryl methyl sites for hydroxylation is 1. The van der Waals surface area contributed by atoms with E-state index in [0.717, 1.165) is 0 Å². The van der Waals surface area contributed by atoms with Crippen molar-refractivity contribution in [2.45, 2.75) is 20.8 Å². The van der Waals surface area contributed by atoms with Gasteiger partial charge in [0.1, 0.15) is 11.6 Å². The minimum absolute atomic E-state index is 0.176. The number of para-hydroxylation sites is 1. The van der Waals surface area contributed by atoms with Crippen LogP contribution in [-0.2, 0) is 0 Å². The summed E-state index contributed by atoms with van der Waals surface area (Å²) in [5, 5.41) is 3.40. The molecule has 3 aromatic carbocycles. The van der Waals surface area contributed by atoms with Gasteiger partial charge in [-0.1, -0.05) is 12.1 Å². The van der Waals surface area contributed by atoms with Crippen molar-refractivity contribution in [3.05, 3.63) is 82.4 Å². The minimum Gasteiger partial charge on any atom is -0.494 e. The third kappa shape index (κ3) is 4.82. The lowest BCUT2D eigenvalue weighted by molar-refractivity contribution is 0.102. The van der Waals surface area contributed by atoms with Gasteiger partial charge in [-0.3, -0.25) is 14.2 Å². The highest BCUT2D eigenvalue weighted by molar-refractivity contribution is 6.05. The van der Waals surface area contributed by atoms with Crippen LogP contribution in [0.4, 0.5) is 5.69 Å². The van der Waals surface area contributed by atoms with E-state index in [1.807, 2.05) is 32.0 Å². The molecule has 0 radical (unpaired) electrons. The Hall–Kier alpha value is -4.33. The third-order valence-corrected chi connectivity index (χ3v) is 5.44.